The van der Waals surface area contributed by atoms with Crippen LogP contribution in [0.5, 0.6) is 0 Å². The van der Waals surface area contributed by atoms with Crippen molar-refractivity contribution in [3.63, 3.8) is 0 Å². The average molecular weight is 208 g/mol. The molecule has 13 heavy (non-hydrogen) atoms. The van der Waals surface area contributed by atoms with Gasteiger partial charge in [-0.1, -0.05) is 12.8 Å². The quantitative estimate of drug-likeness (QED) is 0.349. The van der Waals surface area contributed by atoms with Crippen molar-refractivity contribution in [3.05, 3.63) is 0 Å². The molecular formula is C6H12N2O4S. The molecule has 0 heterocycles. The van der Waals surface area contributed by atoms with E-state index in [0.717, 1.165) is 0 Å². The van der Waals surface area contributed by atoms with E-state index in [2.05, 4.69) is 22.9 Å². The van der Waals surface area contributed by atoms with Gasteiger partial charge in [0.05, 0.1) is 12.6 Å². The van der Waals surface area contributed by atoms with E-state index >= 15 is 0 Å². The number of nitrogens with one attached hydrogen (secondary N) is 2. The molecule has 0 aromatic heterocycles. The molecule has 0 aliphatic rings. The summed E-state index contributed by atoms with van der Waals surface area (Å²) < 4.78 is 2.34. The number of aliphatic hydroxyl groups is 1. The lowest BCUT2D eigenvalue weighted by molar-refractivity contribution is -0.143. The Kier molecular flexibility index (Phi) is 5.44. The number of hydrogen-bond acceptors (Lipinski definition) is 5. The summed E-state index contributed by atoms with van der Waals surface area (Å²) in [5, 5.41) is 19.1. The van der Waals surface area contributed by atoms with Crippen molar-refractivity contribution < 1.29 is 19.8 Å². The lowest BCUT2D eigenvalue weighted by atomic mass is 10.2. The maximum absolute atomic E-state index is 11.1. The molecule has 0 bridgehead atoms. The van der Waals surface area contributed by atoms with Crippen molar-refractivity contribution in [3.8, 4) is 0 Å². The van der Waals surface area contributed by atoms with Crippen LogP contribution in [-0.4, -0.2) is 40.8 Å². The number of carbonyl (C=O) groups is 2. The first-order valence-corrected chi connectivity index (χ1v) is 4.01. The van der Waals surface area contributed by atoms with Gasteiger partial charge in [-0.05, 0) is 6.92 Å². The zero-order valence-corrected chi connectivity index (χ0v) is 7.91. The zero-order valence-electron chi connectivity index (χ0n) is 7.02. The van der Waals surface area contributed by atoms with Gasteiger partial charge < -0.3 is 15.5 Å². The first-order valence-electron chi connectivity index (χ1n) is 3.56. The van der Waals surface area contributed by atoms with E-state index in [-0.39, 0.29) is 0 Å². The molecule has 0 aromatic carbocycles. The molecule has 0 fully saturated rings. The van der Waals surface area contributed by atoms with Crippen molar-refractivity contribution in [2.24, 2.45) is 0 Å². The Balaban J connectivity index is 4.09. The third kappa shape index (κ3) is 4.11. The average Bonchev–Trinajstić information content (AvgIpc) is 2.11. The number of amides is 1. The van der Waals surface area contributed by atoms with Crippen molar-refractivity contribution in [1.82, 2.24) is 10.0 Å². The largest absolute Gasteiger partial charge is 0.480 e. The molecule has 0 saturated heterocycles. The lowest BCUT2D eigenvalue weighted by Gasteiger charge is -2.14. The summed E-state index contributed by atoms with van der Waals surface area (Å²) in [7, 11) is 0. The molecule has 4 N–H and O–H groups in total. The summed E-state index contributed by atoms with van der Waals surface area (Å²) in [6.07, 6.45) is 0. The van der Waals surface area contributed by atoms with Gasteiger partial charge in [-0.15, -0.1) is 0 Å². The number of aliphatic hydroxyl groups excluding tert-OH is 1. The Morgan fingerprint density at radius 1 is 1.54 bits per heavy atom. The zero-order chi connectivity index (χ0) is 10.4. The van der Waals surface area contributed by atoms with Gasteiger partial charge in [0.25, 0.3) is 0 Å². The van der Waals surface area contributed by atoms with E-state index in [9.17, 15) is 9.59 Å². The second-order valence-electron chi connectivity index (χ2n) is 2.43. The summed E-state index contributed by atoms with van der Waals surface area (Å²) >= 11 is 3.64. The maximum Gasteiger partial charge on any atom is 0.328 e. The Bertz CT molecular complexity index is 199. The van der Waals surface area contributed by atoms with Gasteiger partial charge in [0.15, 0.2) is 0 Å². The Hall–Kier alpha value is -0.790. The second kappa shape index (κ2) is 5.79. The van der Waals surface area contributed by atoms with E-state index < -0.39 is 30.6 Å². The molecule has 0 aromatic rings. The molecule has 0 aliphatic heterocycles. The van der Waals surface area contributed by atoms with Crippen LogP contribution in [0.2, 0.25) is 0 Å². The fourth-order valence-electron chi connectivity index (χ4n) is 0.541. The number of thiol groups is 1. The van der Waals surface area contributed by atoms with Crippen molar-refractivity contribution >= 4 is 24.7 Å². The minimum atomic E-state index is -1.28. The monoisotopic (exact) mass is 208 g/mol. The van der Waals surface area contributed by atoms with Gasteiger partial charge in [-0.25, -0.2) is 4.79 Å². The molecule has 0 aliphatic carbocycles. The standard InChI is InChI=1S/C6H12N2O4S/c1-3(8-13)5(10)7-4(2-9)6(11)12/h3-4,8-9,13H,2H2,1H3,(H,7,10)(H,11,12)/t3-,4-/m0/s1. The third-order valence-electron chi connectivity index (χ3n) is 1.38. The second-order valence-corrected chi connectivity index (χ2v) is 2.69. The smallest absolute Gasteiger partial charge is 0.328 e. The summed E-state index contributed by atoms with van der Waals surface area (Å²) in [6.45, 7) is 0.874. The van der Waals surface area contributed by atoms with Gasteiger partial charge in [0.2, 0.25) is 5.91 Å². The number of carbonyl (C=O) groups excluding carboxylic acids is 1. The fourth-order valence-corrected chi connectivity index (χ4v) is 0.658. The van der Waals surface area contributed by atoms with E-state index in [1.807, 2.05) is 0 Å². The minimum absolute atomic E-state index is 0.531. The van der Waals surface area contributed by atoms with Crippen LogP contribution in [0, 0.1) is 0 Å². The van der Waals surface area contributed by atoms with Gasteiger partial charge in [0, 0.05) is 0 Å². The van der Waals surface area contributed by atoms with Gasteiger partial charge in [-0.2, -0.15) is 0 Å². The van der Waals surface area contributed by atoms with Crippen LogP contribution in [0.4, 0.5) is 0 Å². The molecule has 0 unspecified atom stereocenters. The number of rotatable bonds is 5. The summed E-state index contributed by atoms with van der Waals surface area (Å²) in [5.74, 6) is -1.81. The highest BCUT2D eigenvalue weighted by Crippen LogP contribution is 1.87. The number of carboxylic acids is 1. The third-order valence-corrected chi connectivity index (χ3v) is 1.77. The Morgan fingerprint density at radius 2 is 2.08 bits per heavy atom. The van der Waals surface area contributed by atoms with E-state index in [1.54, 1.807) is 0 Å². The molecule has 0 saturated carbocycles. The summed E-state index contributed by atoms with van der Waals surface area (Å²) in [5.41, 5.74) is 0. The highest BCUT2D eigenvalue weighted by Gasteiger charge is 2.21. The normalized spacial score (nSPS) is 14.7. The predicted octanol–water partition coefficient (Wildman–Crippen LogP) is -1.63. The topological polar surface area (TPSA) is 98.7 Å². The van der Waals surface area contributed by atoms with Crippen LogP contribution < -0.4 is 10.0 Å². The van der Waals surface area contributed by atoms with Crippen LogP contribution >= 0.6 is 12.8 Å². The predicted molar refractivity (Wildman–Crippen MR) is 48.2 cm³/mol. The van der Waals surface area contributed by atoms with Crippen molar-refractivity contribution in [2.75, 3.05) is 6.61 Å². The van der Waals surface area contributed by atoms with E-state index in [1.165, 1.54) is 6.92 Å². The van der Waals surface area contributed by atoms with E-state index in [0.29, 0.717) is 0 Å². The molecule has 7 heteroatoms. The molecule has 1 amide bonds. The molecule has 0 radical (unpaired) electrons. The maximum atomic E-state index is 11.1. The first-order chi connectivity index (χ1) is 6.02. The van der Waals surface area contributed by atoms with Gasteiger partial charge in [-0.3, -0.25) is 9.52 Å². The van der Waals surface area contributed by atoms with Crippen molar-refractivity contribution in [2.45, 2.75) is 19.0 Å². The lowest BCUT2D eigenvalue weighted by Crippen LogP contribution is -2.49. The first kappa shape index (κ1) is 12.2. The summed E-state index contributed by atoms with van der Waals surface area (Å²) in [4.78, 5) is 21.4. The molecule has 0 spiro atoms. The van der Waals surface area contributed by atoms with E-state index in [4.69, 9.17) is 10.2 Å². The van der Waals surface area contributed by atoms with Crippen LogP contribution in [0.15, 0.2) is 0 Å². The number of carboxylic acid groups (broad SMARTS) is 1. The highest BCUT2D eigenvalue weighted by atomic mass is 32.1. The summed E-state index contributed by atoms with van der Waals surface area (Å²) in [6, 6.07) is -1.88. The van der Waals surface area contributed by atoms with Crippen LogP contribution in [-0.2, 0) is 9.59 Å². The van der Waals surface area contributed by atoms with Crippen LogP contribution in [0.3, 0.4) is 0 Å². The Labute approximate surface area is 80.9 Å². The molecule has 0 rings (SSSR count). The van der Waals surface area contributed by atoms with Crippen molar-refractivity contribution in [1.29, 1.82) is 0 Å². The van der Waals surface area contributed by atoms with Crippen LogP contribution in [0.25, 0.3) is 0 Å². The molecule has 2 atom stereocenters. The van der Waals surface area contributed by atoms with Gasteiger partial charge in [0.1, 0.15) is 6.04 Å². The van der Waals surface area contributed by atoms with Gasteiger partial charge >= 0.3 is 5.97 Å². The molecule has 76 valence electrons. The SMILES string of the molecule is C[C@H](NS)C(=O)N[C@@H](CO)C(=O)O. The Morgan fingerprint density at radius 3 is 2.38 bits per heavy atom. The van der Waals surface area contributed by atoms with Crippen LogP contribution in [0.1, 0.15) is 6.92 Å². The number of aliphatic carboxylic acids is 1. The molecular weight excluding hydrogens is 196 g/mol. The fraction of sp³-hybridized carbons (Fsp3) is 0.667. The molecule has 6 nitrogen and oxygen atoms in total. The minimum Gasteiger partial charge on any atom is -0.480 e. The highest BCUT2D eigenvalue weighted by molar-refractivity contribution is 7.78. The number of hydrogen-bond donors (Lipinski definition) is 5.